The normalized spacial score (nSPS) is 10.5. The number of rotatable bonds is 7. The molecule has 1 aromatic heterocycles. The first-order valence-corrected chi connectivity index (χ1v) is 9.54. The van der Waals surface area contributed by atoms with Crippen molar-refractivity contribution < 1.29 is 9.90 Å². The highest BCUT2D eigenvalue weighted by Crippen LogP contribution is 2.22. The molecular weight excluding hydrogens is 392 g/mol. The molecule has 0 fully saturated rings. The molecule has 0 unspecified atom stereocenters. The molecular formula is C21H25ClN4O3. The van der Waals surface area contributed by atoms with Crippen molar-refractivity contribution in [1.29, 1.82) is 0 Å². The van der Waals surface area contributed by atoms with E-state index in [1.165, 1.54) is 11.1 Å². The van der Waals surface area contributed by atoms with Crippen molar-refractivity contribution in [3.63, 3.8) is 0 Å². The van der Waals surface area contributed by atoms with Gasteiger partial charge in [-0.1, -0.05) is 35.9 Å². The predicted molar refractivity (Wildman–Crippen MR) is 117 cm³/mol. The van der Waals surface area contributed by atoms with E-state index in [4.69, 9.17) is 21.5 Å². The summed E-state index contributed by atoms with van der Waals surface area (Å²) in [6.07, 6.45) is 2.22. The first kappa shape index (κ1) is 22.4. The van der Waals surface area contributed by atoms with Crippen molar-refractivity contribution in [2.24, 2.45) is 0 Å². The highest BCUT2D eigenvalue weighted by Gasteiger charge is 2.06. The molecule has 29 heavy (non-hydrogen) atoms. The van der Waals surface area contributed by atoms with Gasteiger partial charge in [0, 0.05) is 17.6 Å². The fourth-order valence-corrected chi connectivity index (χ4v) is 3.14. The molecule has 7 nitrogen and oxygen atoms in total. The van der Waals surface area contributed by atoms with Gasteiger partial charge in [0.2, 0.25) is 0 Å². The maximum Gasteiger partial charge on any atom is 0.290 e. The fraction of sp³-hybridized carbons (Fsp3) is 0.286. The maximum absolute atomic E-state index is 11.8. The monoisotopic (exact) mass is 416 g/mol. The molecule has 0 aliphatic carbocycles. The van der Waals surface area contributed by atoms with Crippen LogP contribution in [0.15, 0.2) is 47.3 Å². The summed E-state index contributed by atoms with van der Waals surface area (Å²) in [6.45, 7) is 1.55. The van der Waals surface area contributed by atoms with Gasteiger partial charge < -0.3 is 15.3 Å². The number of aromatic nitrogens is 2. The molecule has 2 aromatic carbocycles. The molecule has 0 spiro atoms. The summed E-state index contributed by atoms with van der Waals surface area (Å²) < 4.78 is 0. The van der Waals surface area contributed by atoms with E-state index in [0.717, 1.165) is 25.1 Å². The highest BCUT2D eigenvalue weighted by atomic mass is 35.5. The van der Waals surface area contributed by atoms with Gasteiger partial charge in [0.05, 0.1) is 5.39 Å². The van der Waals surface area contributed by atoms with E-state index in [2.05, 4.69) is 58.8 Å². The zero-order valence-corrected chi connectivity index (χ0v) is 17.2. The molecule has 3 rings (SSSR count). The van der Waals surface area contributed by atoms with Gasteiger partial charge in [-0.05, 0) is 62.8 Å². The molecule has 1 heterocycles. The van der Waals surface area contributed by atoms with Crippen LogP contribution in [0, 0.1) is 0 Å². The Balaban J connectivity index is 0.000000941. The second-order valence-electron chi connectivity index (χ2n) is 6.79. The number of nitrogens with one attached hydrogen (secondary N) is 2. The first-order valence-electron chi connectivity index (χ1n) is 9.16. The van der Waals surface area contributed by atoms with Crippen LogP contribution >= 0.6 is 11.6 Å². The smallest absolute Gasteiger partial charge is 0.290 e. The Morgan fingerprint density at radius 2 is 1.90 bits per heavy atom. The Morgan fingerprint density at radius 1 is 1.17 bits per heavy atom. The summed E-state index contributed by atoms with van der Waals surface area (Å²) in [7, 11) is 4.19. The van der Waals surface area contributed by atoms with Crippen LogP contribution in [0.4, 0.5) is 5.69 Å². The highest BCUT2D eigenvalue weighted by molar-refractivity contribution is 6.34. The predicted octanol–water partition coefficient (Wildman–Crippen LogP) is 3.38. The van der Waals surface area contributed by atoms with Crippen LogP contribution in [0.3, 0.4) is 0 Å². The molecule has 0 saturated heterocycles. The summed E-state index contributed by atoms with van der Waals surface area (Å²) in [5.74, 6) is 0. The molecule has 0 aliphatic rings. The first-order chi connectivity index (χ1) is 13.9. The Kier molecular flexibility index (Phi) is 8.64. The maximum atomic E-state index is 11.8. The molecule has 0 amide bonds. The number of hydrogen-bond donors (Lipinski definition) is 3. The molecule has 0 radical (unpaired) electrons. The van der Waals surface area contributed by atoms with Crippen LogP contribution < -0.4 is 10.9 Å². The Labute approximate surface area is 174 Å². The summed E-state index contributed by atoms with van der Waals surface area (Å²) in [4.78, 5) is 22.4. The third kappa shape index (κ3) is 6.89. The number of benzene rings is 2. The zero-order valence-electron chi connectivity index (χ0n) is 16.5. The number of aromatic amines is 1. The Hall–Kier alpha value is -2.90. The second kappa shape index (κ2) is 11.2. The largest absolute Gasteiger partial charge is 0.483 e. The quantitative estimate of drug-likeness (QED) is 0.511. The number of halogens is 1. The minimum absolute atomic E-state index is 0.235. The number of H-pyrrole nitrogens is 1. The van der Waals surface area contributed by atoms with E-state index < -0.39 is 0 Å². The number of aryl methyl sites for hydroxylation is 1. The third-order valence-corrected chi connectivity index (χ3v) is 4.59. The van der Waals surface area contributed by atoms with Gasteiger partial charge in [0.25, 0.3) is 12.0 Å². The molecule has 3 N–H and O–H groups in total. The average molecular weight is 417 g/mol. The minimum Gasteiger partial charge on any atom is -0.483 e. The lowest BCUT2D eigenvalue weighted by atomic mass is 10.1. The van der Waals surface area contributed by atoms with E-state index in [1.54, 1.807) is 6.07 Å². The number of hydrogen-bond acceptors (Lipinski definition) is 5. The van der Waals surface area contributed by atoms with Gasteiger partial charge in [0.15, 0.2) is 5.15 Å². The standard InChI is InChI=1S/C20H23ClN4O.CH2O2/c1-25(2)10-4-7-14-5-3-6-15(11-14)13-22-16-8-9-17-18(12-16)19(21)23-24-20(17)26;2-1-3/h3,5-6,8-9,11-12,22H,4,7,10,13H2,1-2H3,(H,24,26);1H,(H,2,3). The summed E-state index contributed by atoms with van der Waals surface area (Å²) in [6, 6.07) is 14.1. The number of fused-ring (bicyclic) bond motifs is 1. The summed E-state index contributed by atoms with van der Waals surface area (Å²) in [5, 5.41) is 18.0. The van der Waals surface area contributed by atoms with Crippen molar-refractivity contribution in [1.82, 2.24) is 15.1 Å². The SMILES string of the molecule is CN(C)CCCc1cccc(CNc2ccc3c(=O)[nH]nc(Cl)c3c2)c1.O=CO. The van der Waals surface area contributed by atoms with Crippen molar-refractivity contribution >= 4 is 34.5 Å². The zero-order chi connectivity index (χ0) is 21.2. The lowest BCUT2D eigenvalue weighted by Crippen LogP contribution is -2.13. The summed E-state index contributed by atoms with van der Waals surface area (Å²) in [5.41, 5.74) is 3.25. The number of carbonyl (C=O) groups is 1. The molecule has 154 valence electrons. The van der Waals surface area contributed by atoms with Gasteiger partial charge >= 0.3 is 0 Å². The molecule has 0 bridgehead atoms. The van der Waals surface area contributed by atoms with Crippen molar-refractivity contribution in [2.45, 2.75) is 19.4 Å². The summed E-state index contributed by atoms with van der Waals surface area (Å²) >= 11 is 6.10. The topological polar surface area (TPSA) is 98.3 Å². The lowest BCUT2D eigenvalue weighted by Gasteiger charge is -2.11. The van der Waals surface area contributed by atoms with Crippen LogP contribution in [-0.2, 0) is 17.8 Å². The van der Waals surface area contributed by atoms with E-state index in [9.17, 15) is 4.79 Å². The second-order valence-corrected chi connectivity index (χ2v) is 7.15. The van der Waals surface area contributed by atoms with E-state index in [-0.39, 0.29) is 12.0 Å². The third-order valence-electron chi connectivity index (χ3n) is 4.30. The number of anilines is 1. The average Bonchev–Trinajstić information content (AvgIpc) is 2.70. The van der Waals surface area contributed by atoms with Gasteiger partial charge in [0.1, 0.15) is 0 Å². The van der Waals surface area contributed by atoms with Crippen LogP contribution in [0.1, 0.15) is 17.5 Å². The Morgan fingerprint density at radius 3 is 2.62 bits per heavy atom. The van der Waals surface area contributed by atoms with Crippen molar-refractivity contribution in [3.8, 4) is 0 Å². The van der Waals surface area contributed by atoms with Crippen molar-refractivity contribution in [3.05, 3.63) is 69.1 Å². The Bertz CT molecular complexity index is 1000. The lowest BCUT2D eigenvalue weighted by molar-refractivity contribution is -0.122. The van der Waals surface area contributed by atoms with Gasteiger partial charge in [-0.3, -0.25) is 9.59 Å². The minimum atomic E-state index is -0.250. The van der Waals surface area contributed by atoms with E-state index in [1.807, 2.05) is 12.1 Å². The van der Waals surface area contributed by atoms with Gasteiger partial charge in [-0.15, -0.1) is 0 Å². The molecule has 8 heteroatoms. The van der Waals surface area contributed by atoms with Crippen LogP contribution in [0.25, 0.3) is 10.8 Å². The van der Waals surface area contributed by atoms with Crippen LogP contribution in [-0.4, -0.2) is 47.3 Å². The van der Waals surface area contributed by atoms with Crippen LogP contribution in [0.2, 0.25) is 5.15 Å². The van der Waals surface area contributed by atoms with E-state index >= 15 is 0 Å². The molecule has 3 aromatic rings. The molecule has 0 aliphatic heterocycles. The van der Waals surface area contributed by atoms with Gasteiger partial charge in [-0.25, -0.2) is 5.10 Å². The van der Waals surface area contributed by atoms with Gasteiger partial charge in [-0.2, -0.15) is 5.10 Å². The van der Waals surface area contributed by atoms with Crippen LogP contribution in [0.5, 0.6) is 0 Å². The van der Waals surface area contributed by atoms with E-state index in [0.29, 0.717) is 22.5 Å². The fourth-order valence-electron chi connectivity index (χ4n) is 2.94. The molecule has 0 saturated carbocycles. The van der Waals surface area contributed by atoms with Crippen molar-refractivity contribution in [2.75, 3.05) is 26.0 Å². The molecule has 0 atom stereocenters. The number of nitrogens with zero attached hydrogens (tertiary/aromatic N) is 2. The number of carboxylic acid groups (broad SMARTS) is 1.